The molecule has 0 spiro atoms. The van der Waals surface area contributed by atoms with Gasteiger partial charge < -0.3 is 0 Å². The van der Waals surface area contributed by atoms with Gasteiger partial charge in [0.15, 0.2) is 0 Å². The lowest BCUT2D eigenvalue weighted by Crippen LogP contribution is -2.22. The topological polar surface area (TPSA) is 0 Å². The molecule has 3 aliphatic carbocycles. The van der Waals surface area contributed by atoms with Crippen LogP contribution in [-0.2, 0) is 12.8 Å². The van der Waals surface area contributed by atoms with Gasteiger partial charge in [0.1, 0.15) is 0 Å². The fourth-order valence-corrected chi connectivity index (χ4v) is 4.80. The van der Waals surface area contributed by atoms with Gasteiger partial charge in [-0.05, 0) is 69.2 Å². The standard InChI is InChI=1S/C23H22/c1-2-7-16(6-1)19-10-5-11-20-21(19)14-15-22-18-9-4-3-8-17(18)12-13-23(20)22/h3-5,8-10,12,14-16H,1-2,6-7,11,13H2. The highest BCUT2D eigenvalue weighted by molar-refractivity contribution is 5.64. The summed E-state index contributed by atoms with van der Waals surface area (Å²) in [6.07, 6.45) is 15.0. The van der Waals surface area contributed by atoms with E-state index in [1.165, 1.54) is 41.3 Å². The van der Waals surface area contributed by atoms with Crippen LogP contribution in [0.1, 0.15) is 36.8 Å². The van der Waals surface area contributed by atoms with Crippen LogP contribution in [0.2, 0.25) is 0 Å². The maximum absolute atomic E-state index is 2.42. The molecule has 0 bridgehead atoms. The highest BCUT2D eigenvalue weighted by atomic mass is 14.3. The first kappa shape index (κ1) is 13.4. The average molecular weight is 298 g/mol. The maximum Gasteiger partial charge on any atom is -0.00790 e. The van der Waals surface area contributed by atoms with Crippen molar-refractivity contribution in [3.05, 3.63) is 80.6 Å². The van der Waals surface area contributed by atoms with E-state index in [0.717, 1.165) is 18.8 Å². The molecule has 0 saturated heterocycles. The van der Waals surface area contributed by atoms with E-state index in [-0.39, 0.29) is 0 Å². The van der Waals surface area contributed by atoms with E-state index in [1.54, 1.807) is 21.9 Å². The van der Waals surface area contributed by atoms with Crippen LogP contribution in [0.15, 0.2) is 48.6 Å². The van der Waals surface area contributed by atoms with Crippen LogP contribution in [0, 0.1) is 16.4 Å². The second kappa shape index (κ2) is 5.23. The van der Waals surface area contributed by atoms with E-state index < -0.39 is 0 Å². The molecule has 1 saturated carbocycles. The number of hydrogen-bond donors (Lipinski definition) is 0. The van der Waals surface area contributed by atoms with Gasteiger partial charge in [-0.2, -0.15) is 0 Å². The highest BCUT2D eigenvalue weighted by Gasteiger charge is 2.21. The number of benzene rings is 2. The van der Waals surface area contributed by atoms with Gasteiger partial charge in [0.05, 0.1) is 0 Å². The molecule has 0 aliphatic heterocycles. The Morgan fingerprint density at radius 3 is 2.43 bits per heavy atom. The Labute approximate surface area is 137 Å². The maximum atomic E-state index is 2.42. The molecule has 0 N–H and O–H groups in total. The van der Waals surface area contributed by atoms with Crippen molar-refractivity contribution in [1.29, 1.82) is 0 Å². The van der Waals surface area contributed by atoms with Gasteiger partial charge in [0.25, 0.3) is 0 Å². The van der Waals surface area contributed by atoms with E-state index >= 15 is 0 Å². The lowest BCUT2D eigenvalue weighted by atomic mass is 9.85. The van der Waals surface area contributed by atoms with Crippen molar-refractivity contribution in [2.24, 2.45) is 5.92 Å². The zero-order valence-corrected chi connectivity index (χ0v) is 13.5. The number of hydrogen-bond acceptors (Lipinski definition) is 0. The van der Waals surface area contributed by atoms with E-state index in [0.29, 0.717) is 0 Å². The predicted octanol–water partition coefficient (Wildman–Crippen LogP) is 3.76. The predicted molar refractivity (Wildman–Crippen MR) is 96.2 cm³/mol. The molecule has 0 heteroatoms. The fraction of sp³-hybridized carbons (Fsp3) is 0.304. The molecule has 0 radical (unpaired) electrons. The summed E-state index contributed by atoms with van der Waals surface area (Å²) < 4.78 is 0. The molecule has 0 atom stereocenters. The monoisotopic (exact) mass is 298 g/mol. The average Bonchev–Trinajstić information content (AvgIpc) is 3.15. The molecule has 0 unspecified atom stereocenters. The van der Waals surface area contributed by atoms with Gasteiger partial charge in [0.2, 0.25) is 0 Å². The summed E-state index contributed by atoms with van der Waals surface area (Å²) in [5, 5.41) is 5.81. The molecular formula is C23H22. The first-order chi connectivity index (χ1) is 11.4. The molecule has 1 fully saturated rings. The lowest BCUT2D eigenvalue weighted by Gasteiger charge is -2.20. The molecule has 0 aromatic heterocycles. The summed E-state index contributed by atoms with van der Waals surface area (Å²) in [6, 6.07) is 13.6. The van der Waals surface area contributed by atoms with Crippen molar-refractivity contribution in [2.45, 2.75) is 38.5 Å². The van der Waals surface area contributed by atoms with Crippen LogP contribution >= 0.6 is 0 Å². The largest absolute Gasteiger partial charge is 0.0798 e. The molecule has 0 heterocycles. The smallest absolute Gasteiger partial charge is 0.00790 e. The molecule has 2 aromatic rings. The second-order valence-electron chi connectivity index (χ2n) is 7.16. The summed E-state index contributed by atoms with van der Waals surface area (Å²) in [5.41, 5.74) is 4.78. The molecular weight excluding hydrogens is 276 g/mol. The fourth-order valence-electron chi connectivity index (χ4n) is 4.80. The van der Waals surface area contributed by atoms with Crippen molar-refractivity contribution in [3.63, 3.8) is 0 Å². The minimum atomic E-state index is 0.795. The third kappa shape index (κ3) is 2.05. The Morgan fingerprint density at radius 1 is 0.739 bits per heavy atom. The molecule has 0 nitrogen and oxygen atoms in total. The van der Waals surface area contributed by atoms with E-state index in [9.17, 15) is 0 Å². The van der Waals surface area contributed by atoms with Crippen LogP contribution in [-0.4, -0.2) is 0 Å². The van der Waals surface area contributed by atoms with Crippen molar-refractivity contribution in [2.75, 3.05) is 0 Å². The number of fused-ring (bicyclic) bond motifs is 4. The number of rotatable bonds is 1. The van der Waals surface area contributed by atoms with Gasteiger partial charge >= 0.3 is 0 Å². The van der Waals surface area contributed by atoms with Crippen molar-refractivity contribution in [1.82, 2.24) is 0 Å². The van der Waals surface area contributed by atoms with Gasteiger partial charge in [-0.15, -0.1) is 0 Å². The SMILES string of the molecule is C1=CC(C2CCCC2)=c2ccc3c(c2C1)CC=c1ccccc1=3. The Bertz CT molecular complexity index is 1010. The van der Waals surface area contributed by atoms with Crippen molar-refractivity contribution < 1.29 is 0 Å². The molecule has 3 aliphatic rings. The van der Waals surface area contributed by atoms with Crippen LogP contribution in [0.25, 0.3) is 11.6 Å². The highest BCUT2D eigenvalue weighted by Crippen LogP contribution is 2.33. The number of allylic oxidation sites excluding steroid dienone is 2. The van der Waals surface area contributed by atoms with Crippen LogP contribution in [0.3, 0.4) is 0 Å². The minimum absolute atomic E-state index is 0.795. The first-order valence-electron chi connectivity index (χ1n) is 9.03. The Kier molecular flexibility index (Phi) is 3.04. The van der Waals surface area contributed by atoms with Crippen LogP contribution in [0.5, 0.6) is 0 Å². The molecule has 5 rings (SSSR count). The Balaban J connectivity index is 1.86. The van der Waals surface area contributed by atoms with Gasteiger partial charge in [-0.25, -0.2) is 0 Å². The Hall–Kier alpha value is -2.08. The quantitative estimate of drug-likeness (QED) is 0.752. The zero-order chi connectivity index (χ0) is 15.2. The molecule has 0 amide bonds. The van der Waals surface area contributed by atoms with Crippen LogP contribution < -0.4 is 10.4 Å². The second-order valence-corrected chi connectivity index (χ2v) is 7.16. The van der Waals surface area contributed by atoms with E-state index in [1.807, 2.05) is 0 Å². The van der Waals surface area contributed by atoms with Crippen molar-refractivity contribution in [3.8, 4) is 0 Å². The zero-order valence-electron chi connectivity index (χ0n) is 13.5. The van der Waals surface area contributed by atoms with Gasteiger partial charge in [0, 0.05) is 0 Å². The van der Waals surface area contributed by atoms with E-state index in [4.69, 9.17) is 0 Å². The first-order valence-corrected chi connectivity index (χ1v) is 9.03. The summed E-state index contributed by atoms with van der Waals surface area (Å²) in [7, 11) is 0. The van der Waals surface area contributed by atoms with E-state index in [2.05, 4.69) is 54.6 Å². The van der Waals surface area contributed by atoms with Crippen molar-refractivity contribution >= 4 is 11.6 Å². The van der Waals surface area contributed by atoms with Gasteiger partial charge in [-0.3, -0.25) is 0 Å². The third-order valence-electron chi connectivity index (χ3n) is 5.93. The summed E-state index contributed by atoms with van der Waals surface area (Å²) in [4.78, 5) is 0. The lowest BCUT2D eigenvalue weighted by molar-refractivity contribution is 0.703. The molecule has 2 aromatic carbocycles. The summed E-state index contributed by atoms with van der Waals surface area (Å²) in [6.45, 7) is 0. The Morgan fingerprint density at radius 2 is 1.52 bits per heavy atom. The normalized spacial score (nSPS) is 19.0. The summed E-state index contributed by atoms with van der Waals surface area (Å²) in [5.74, 6) is 0.795. The van der Waals surface area contributed by atoms with Gasteiger partial charge in [-0.1, -0.05) is 67.5 Å². The third-order valence-corrected chi connectivity index (χ3v) is 5.93. The molecule has 114 valence electrons. The van der Waals surface area contributed by atoms with Crippen LogP contribution in [0.4, 0.5) is 0 Å². The minimum Gasteiger partial charge on any atom is -0.0798 e. The summed E-state index contributed by atoms with van der Waals surface area (Å²) >= 11 is 0. The molecule has 23 heavy (non-hydrogen) atoms.